The molecule has 4 nitrogen and oxygen atoms in total. The SMILES string of the molecule is CCCc1nn(C)c2c1NCCN2C. The minimum Gasteiger partial charge on any atom is -0.379 e. The van der Waals surface area contributed by atoms with Crippen LogP contribution in [0, 0.1) is 0 Å². The Bertz CT molecular complexity index is 329. The lowest BCUT2D eigenvalue weighted by atomic mass is 10.2. The van der Waals surface area contributed by atoms with E-state index in [4.69, 9.17) is 0 Å². The molecule has 0 amide bonds. The van der Waals surface area contributed by atoms with E-state index in [1.807, 2.05) is 11.7 Å². The van der Waals surface area contributed by atoms with Crippen molar-refractivity contribution < 1.29 is 0 Å². The molecule has 0 saturated carbocycles. The molecule has 1 aliphatic rings. The van der Waals surface area contributed by atoms with Crippen LogP contribution in [0.1, 0.15) is 19.0 Å². The van der Waals surface area contributed by atoms with E-state index in [9.17, 15) is 0 Å². The van der Waals surface area contributed by atoms with Crippen molar-refractivity contribution in [3.63, 3.8) is 0 Å². The molecule has 78 valence electrons. The third kappa shape index (κ3) is 1.35. The molecular formula is C10H18N4. The molecule has 2 rings (SSSR count). The van der Waals surface area contributed by atoms with Crippen molar-refractivity contribution in [2.75, 3.05) is 30.4 Å². The zero-order valence-corrected chi connectivity index (χ0v) is 9.17. The summed E-state index contributed by atoms with van der Waals surface area (Å²) in [5.41, 5.74) is 2.44. The number of nitrogens with zero attached hydrogens (tertiary/aromatic N) is 3. The number of rotatable bonds is 2. The van der Waals surface area contributed by atoms with E-state index < -0.39 is 0 Å². The van der Waals surface area contributed by atoms with E-state index in [0.29, 0.717) is 0 Å². The topological polar surface area (TPSA) is 33.1 Å². The van der Waals surface area contributed by atoms with Gasteiger partial charge in [0, 0.05) is 27.2 Å². The molecule has 1 aliphatic heterocycles. The lowest BCUT2D eigenvalue weighted by Crippen LogP contribution is -2.31. The van der Waals surface area contributed by atoms with Gasteiger partial charge in [0.2, 0.25) is 0 Å². The van der Waals surface area contributed by atoms with Crippen LogP contribution in [0.4, 0.5) is 11.5 Å². The monoisotopic (exact) mass is 194 g/mol. The van der Waals surface area contributed by atoms with Crippen molar-refractivity contribution >= 4 is 11.5 Å². The molecular weight excluding hydrogens is 176 g/mol. The summed E-state index contributed by atoms with van der Waals surface area (Å²) in [6.45, 7) is 4.26. The van der Waals surface area contributed by atoms with E-state index in [1.165, 1.54) is 17.2 Å². The molecule has 4 heteroatoms. The molecule has 14 heavy (non-hydrogen) atoms. The Balaban J connectivity index is 2.41. The predicted octanol–water partition coefficient (Wildman–Crippen LogP) is 1.23. The van der Waals surface area contributed by atoms with Crippen LogP contribution < -0.4 is 10.2 Å². The van der Waals surface area contributed by atoms with Gasteiger partial charge in [0.1, 0.15) is 11.5 Å². The molecule has 0 atom stereocenters. The number of aromatic nitrogens is 2. The number of hydrogen-bond acceptors (Lipinski definition) is 3. The van der Waals surface area contributed by atoms with E-state index >= 15 is 0 Å². The first-order valence-electron chi connectivity index (χ1n) is 5.25. The maximum absolute atomic E-state index is 4.54. The fraction of sp³-hybridized carbons (Fsp3) is 0.700. The number of fused-ring (bicyclic) bond motifs is 1. The first kappa shape index (κ1) is 9.37. The van der Waals surface area contributed by atoms with E-state index in [-0.39, 0.29) is 0 Å². The maximum Gasteiger partial charge on any atom is 0.150 e. The second kappa shape index (κ2) is 3.52. The van der Waals surface area contributed by atoms with Crippen LogP contribution in [-0.4, -0.2) is 29.9 Å². The maximum atomic E-state index is 4.54. The van der Waals surface area contributed by atoms with Crippen molar-refractivity contribution in [2.24, 2.45) is 7.05 Å². The van der Waals surface area contributed by atoms with Crippen molar-refractivity contribution in [2.45, 2.75) is 19.8 Å². The normalized spacial score (nSPS) is 15.2. The van der Waals surface area contributed by atoms with Gasteiger partial charge in [-0.1, -0.05) is 13.3 Å². The highest BCUT2D eigenvalue weighted by Gasteiger charge is 2.21. The molecule has 0 aromatic carbocycles. The third-order valence-electron chi connectivity index (χ3n) is 2.69. The Morgan fingerprint density at radius 2 is 2.21 bits per heavy atom. The van der Waals surface area contributed by atoms with Crippen LogP contribution in [0.15, 0.2) is 0 Å². The summed E-state index contributed by atoms with van der Waals surface area (Å²) in [6, 6.07) is 0. The lowest BCUT2D eigenvalue weighted by Gasteiger charge is -2.26. The second-order valence-electron chi connectivity index (χ2n) is 3.87. The summed E-state index contributed by atoms with van der Waals surface area (Å²) < 4.78 is 1.98. The Morgan fingerprint density at radius 3 is 2.93 bits per heavy atom. The van der Waals surface area contributed by atoms with E-state index in [1.54, 1.807) is 0 Å². The fourth-order valence-electron chi connectivity index (χ4n) is 2.05. The van der Waals surface area contributed by atoms with Crippen LogP contribution in [-0.2, 0) is 13.5 Å². The summed E-state index contributed by atoms with van der Waals surface area (Å²) in [5, 5.41) is 7.99. The van der Waals surface area contributed by atoms with Gasteiger partial charge in [-0.3, -0.25) is 4.68 Å². The van der Waals surface area contributed by atoms with Crippen LogP contribution in [0.5, 0.6) is 0 Å². The smallest absolute Gasteiger partial charge is 0.150 e. The Morgan fingerprint density at radius 1 is 1.43 bits per heavy atom. The highest BCUT2D eigenvalue weighted by Crippen LogP contribution is 2.31. The first-order valence-corrected chi connectivity index (χ1v) is 5.25. The molecule has 0 saturated heterocycles. The zero-order valence-electron chi connectivity index (χ0n) is 9.17. The summed E-state index contributed by atoms with van der Waals surface area (Å²) >= 11 is 0. The molecule has 0 unspecified atom stereocenters. The summed E-state index contributed by atoms with van der Waals surface area (Å²) in [6.07, 6.45) is 2.21. The van der Waals surface area contributed by atoms with Crippen molar-refractivity contribution in [1.29, 1.82) is 0 Å². The minimum absolute atomic E-state index is 1.02. The zero-order chi connectivity index (χ0) is 10.1. The molecule has 0 bridgehead atoms. The number of anilines is 2. The Hall–Kier alpha value is -1.19. The molecule has 0 radical (unpaired) electrons. The van der Waals surface area contributed by atoms with Crippen molar-refractivity contribution in [3.05, 3.63) is 5.69 Å². The van der Waals surface area contributed by atoms with Gasteiger partial charge in [-0.25, -0.2) is 0 Å². The standard InChI is InChI=1S/C10H18N4/c1-4-5-8-9-10(14(3)12-8)13(2)7-6-11-9/h11H,4-7H2,1-3H3. The first-order chi connectivity index (χ1) is 6.74. The van der Waals surface area contributed by atoms with Gasteiger partial charge >= 0.3 is 0 Å². The number of hydrogen-bond donors (Lipinski definition) is 1. The molecule has 1 aromatic rings. The van der Waals surface area contributed by atoms with Gasteiger partial charge in [0.25, 0.3) is 0 Å². The van der Waals surface area contributed by atoms with E-state index in [2.05, 4.69) is 29.3 Å². The molecule has 0 aliphatic carbocycles. The average Bonchev–Trinajstić information content (AvgIpc) is 2.46. The van der Waals surface area contributed by atoms with Gasteiger partial charge in [-0.05, 0) is 6.42 Å². The Kier molecular flexibility index (Phi) is 2.35. The second-order valence-corrected chi connectivity index (χ2v) is 3.87. The van der Waals surface area contributed by atoms with Gasteiger partial charge in [-0.15, -0.1) is 0 Å². The van der Waals surface area contributed by atoms with Crippen LogP contribution >= 0.6 is 0 Å². The molecule has 0 spiro atoms. The molecule has 2 heterocycles. The number of aryl methyl sites for hydroxylation is 2. The Labute approximate surface area is 84.9 Å². The largest absolute Gasteiger partial charge is 0.379 e. The highest BCUT2D eigenvalue weighted by molar-refractivity contribution is 5.71. The quantitative estimate of drug-likeness (QED) is 0.769. The lowest BCUT2D eigenvalue weighted by molar-refractivity contribution is 0.714. The van der Waals surface area contributed by atoms with E-state index in [0.717, 1.165) is 25.9 Å². The van der Waals surface area contributed by atoms with Crippen molar-refractivity contribution in [3.8, 4) is 0 Å². The molecule has 1 aromatic heterocycles. The molecule has 1 N–H and O–H groups in total. The number of likely N-dealkylation sites (N-methyl/N-ethyl adjacent to an activating group) is 1. The third-order valence-corrected chi connectivity index (χ3v) is 2.69. The summed E-state index contributed by atoms with van der Waals surface area (Å²) in [5.74, 6) is 1.22. The van der Waals surface area contributed by atoms with Gasteiger partial charge in [-0.2, -0.15) is 5.10 Å². The van der Waals surface area contributed by atoms with Crippen LogP contribution in [0.2, 0.25) is 0 Å². The van der Waals surface area contributed by atoms with Gasteiger partial charge < -0.3 is 10.2 Å². The van der Waals surface area contributed by atoms with Crippen LogP contribution in [0.25, 0.3) is 0 Å². The average molecular weight is 194 g/mol. The predicted molar refractivity (Wildman–Crippen MR) is 59.0 cm³/mol. The summed E-state index contributed by atoms with van der Waals surface area (Å²) in [4.78, 5) is 2.26. The van der Waals surface area contributed by atoms with Crippen molar-refractivity contribution in [1.82, 2.24) is 9.78 Å². The minimum atomic E-state index is 1.02. The highest BCUT2D eigenvalue weighted by atomic mass is 15.4. The van der Waals surface area contributed by atoms with Gasteiger partial charge in [0.15, 0.2) is 0 Å². The van der Waals surface area contributed by atoms with Gasteiger partial charge in [0.05, 0.1) is 5.69 Å². The number of nitrogens with one attached hydrogen (secondary N) is 1. The summed E-state index contributed by atoms with van der Waals surface area (Å²) in [7, 11) is 4.14. The van der Waals surface area contributed by atoms with Crippen LogP contribution in [0.3, 0.4) is 0 Å². The fourth-order valence-corrected chi connectivity index (χ4v) is 2.05. The molecule has 0 fully saturated rings.